The van der Waals surface area contributed by atoms with Gasteiger partial charge in [0, 0.05) is 37.7 Å². The number of nitrogens with zero attached hydrogens (tertiary/aromatic N) is 3. The van der Waals surface area contributed by atoms with E-state index in [1.807, 2.05) is 36.7 Å². The number of ether oxygens (including phenoxy) is 3. The van der Waals surface area contributed by atoms with Gasteiger partial charge < -0.3 is 34.3 Å². The minimum absolute atomic E-state index is 0.133. The smallest absolute Gasteiger partial charge is 0.252 e. The van der Waals surface area contributed by atoms with Crippen LogP contribution >= 0.6 is 0 Å². The first-order chi connectivity index (χ1) is 17.9. The monoisotopic (exact) mass is 513 g/mol. The Balaban J connectivity index is 1.63. The van der Waals surface area contributed by atoms with Crippen LogP contribution in [0.15, 0.2) is 30.6 Å². The summed E-state index contributed by atoms with van der Waals surface area (Å²) in [6, 6.07) is 4.79. The second-order valence-corrected chi connectivity index (χ2v) is 9.50. The second-order valence-electron chi connectivity index (χ2n) is 9.50. The molecule has 0 radical (unpaired) electrons. The normalized spacial score (nSPS) is 21.5. The quantitative estimate of drug-likeness (QED) is 0.632. The van der Waals surface area contributed by atoms with Gasteiger partial charge in [-0.1, -0.05) is 13.8 Å². The molecule has 2 aliphatic heterocycles. The van der Waals surface area contributed by atoms with Crippen LogP contribution in [0.4, 0.5) is 0 Å². The summed E-state index contributed by atoms with van der Waals surface area (Å²) in [6.45, 7) is 5.18. The lowest BCUT2D eigenvalue weighted by Gasteiger charge is -2.27. The number of rotatable bonds is 3. The molecule has 3 amide bonds. The highest BCUT2D eigenvalue weighted by Gasteiger charge is 2.31. The Morgan fingerprint density at radius 1 is 1.22 bits per heavy atom. The predicted molar refractivity (Wildman–Crippen MR) is 135 cm³/mol. The molecule has 0 aliphatic carbocycles. The molecule has 2 N–H and O–H groups in total. The molecule has 11 nitrogen and oxygen atoms in total. The van der Waals surface area contributed by atoms with Crippen molar-refractivity contribution >= 4 is 17.7 Å². The van der Waals surface area contributed by atoms with Crippen LogP contribution in [-0.4, -0.2) is 84.3 Å². The minimum Gasteiger partial charge on any atom is -0.493 e. The molecule has 4 rings (SSSR count). The Kier molecular flexibility index (Phi) is 8.65. The van der Waals surface area contributed by atoms with Crippen molar-refractivity contribution in [3.63, 3.8) is 0 Å². The molecule has 2 aliphatic rings. The standard InChI is InChI=1S/C26H35N5O6/c1-17(2)23-25(33)28-9-11-30-10-8-27-24(30)18-6-7-19(35-3)21(15-18)37-14-12-31(16-22(32)29-23)26(34)20-5-4-13-36-20/h6-8,10,15,17,20,23H,4-5,9,11-14,16H2,1-3H3,(H,28,33)(H,29,32)/t20-,23+/m0/s1. The molecule has 37 heavy (non-hydrogen) atoms. The molecule has 0 spiro atoms. The van der Waals surface area contributed by atoms with Crippen LogP contribution < -0.4 is 20.1 Å². The van der Waals surface area contributed by atoms with Gasteiger partial charge in [-0.05, 0) is 37.0 Å². The zero-order chi connectivity index (χ0) is 26.4. The lowest BCUT2D eigenvalue weighted by molar-refractivity contribution is -0.144. The van der Waals surface area contributed by atoms with Crippen molar-refractivity contribution in [1.29, 1.82) is 0 Å². The highest BCUT2D eigenvalue weighted by molar-refractivity contribution is 5.91. The molecule has 2 atom stereocenters. The first-order valence-electron chi connectivity index (χ1n) is 12.7. The number of hydrogen-bond acceptors (Lipinski definition) is 7. The lowest BCUT2D eigenvalue weighted by Crippen LogP contribution is -2.53. The number of methoxy groups -OCH3 is 1. The van der Waals surface area contributed by atoms with Crippen LogP contribution in [0, 0.1) is 5.92 Å². The highest BCUT2D eigenvalue weighted by Crippen LogP contribution is 2.32. The summed E-state index contributed by atoms with van der Waals surface area (Å²) in [5.41, 5.74) is 0.820. The molecule has 3 heterocycles. The summed E-state index contributed by atoms with van der Waals surface area (Å²) in [5.74, 6) is 0.664. The number of imidazole rings is 1. The fraction of sp³-hybridized carbons (Fsp3) is 0.538. The molecule has 2 bridgehead atoms. The van der Waals surface area contributed by atoms with Gasteiger partial charge in [0.1, 0.15) is 24.6 Å². The number of carbonyl (C=O) groups excluding carboxylic acids is 3. The molecule has 1 fully saturated rings. The lowest BCUT2D eigenvalue weighted by atomic mass is 10.0. The first kappa shape index (κ1) is 26.5. The molecule has 1 aromatic carbocycles. The Morgan fingerprint density at radius 2 is 2.05 bits per heavy atom. The molecule has 11 heteroatoms. The van der Waals surface area contributed by atoms with E-state index in [0.717, 1.165) is 17.8 Å². The SMILES string of the molecule is COc1ccc2cc1OCCN(C(=O)[C@@H]1CCCO1)CC(=O)N[C@H](C(C)C)C(=O)NCCn1ccnc1-2. The number of aromatic nitrogens is 2. The number of fused-ring (bicyclic) bond motifs is 4. The molecular formula is C26H35N5O6. The van der Waals surface area contributed by atoms with Gasteiger partial charge in [-0.25, -0.2) is 4.98 Å². The molecule has 200 valence electrons. The van der Waals surface area contributed by atoms with E-state index in [1.165, 1.54) is 4.90 Å². The van der Waals surface area contributed by atoms with Crippen molar-refractivity contribution in [2.24, 2.45) is 5.92 Å². The predicted octanol–water partition coefficient (Wildman–Crippen LogP) is 1.22. The summed E-state index contributed by atoms with van der Waals surface area (Å²) < 4.78 is 19.0. The van der Waals surface area contributed by atoms with Gasteiger partial charge in [0.05, 0.1) is 20.2 Å². The van der Waals surface area contributed by atoms with Crippen molar-refractivity contribution in [1.82, 2.24) is 25.1 Å². The van der Waals surface area contributed by atoms with Crippen molar-refractivity contribution in [2.75, 3.05) is 40.0 Å². The maximum atomic E-state index is 13.2. The van der Waals surface area contributed by atoms with Gasteiger partial charge in [-0.15, -0.1) is 0 Å². The van der Waals surface area contributed by atoms with E-state index in [1.54, 1.807) is 19.4 Å². The Labute approximate surface area is 216 Å². The third-order valence-electron chi connectivity index (χ3n) is 6.52. The van der Waals surface area contributed by atoms with E-state index in [9.17, 15) is 14.4 Å². The third-order valence-corrected chi connectivity index (χ3v) is 6.52. The van der Waals surface area contributed by atoms with Crippen molar-refractivity contribution < 1.29 is 28.6 Å². The van der Waals surface area contributed by atoms with Crippen molar-refractivity contribution in [2.45, 2.75) is 45.4 Å². The zero-order valence-corrected chi connectivity index (χ0v) is 21.6. The maximum Gasteiger partial charge on any atom is 0.252 e. The van der Waals surface area contributed by atoms with Crippen LogP contribution in [0.3, 0.4) is 0 Å². The summed E-state index contributed by atoms with van der Waals surface area (Å²) in [4.78, 5) is 45.0. The number of nitrogens with one attached hydrogen (secondary N) is 2. The summed E-state index contributed by atoms with van der Waals surface area (Å²) >= 11 is 0. The van der Waals surface area contributed by atoms with Crippen LogP contribution in [0.1, 0.15) is 26.7 Å². The zero-order valence-electron chi connectivity index (χ0n) is 21.6. The van der Waals surface area contributed by atoms with E-state index >= 15 is 0 Å². The van der Waals surface area contributed by atoms with Crippen molar-refractivity contribution in [3.05, 3.63) is 30.6 Å². The summed E-state index contributed by atoms with van der Waals surface area (Å²) in [6.07, 6.45) is 4.37. The third kappa shape index (κ3) is 6.40. The van der Waals surface area contributed by atoms with Gasteiger partial charge >= 0.3 is 0 Å². The topological polar surface area (TPSA) is 124 Å². The first-order valence-corrected chi connectivity index (χ1v) is 12.7. The van der Waals surface area contributed by atoms with Crippen LogP contribution in [0.5, 0.6) is 11.5 Å². The number of benzene rings is 1. The molecule has 0 unspecified atom stereocenters. The second kappa shape index (κ2) is 12.1. The average Bonchev–Trinajstić information content (AvgIpc) is 3.58. The fourth-order valence-electron chi connectivity index (χ4n) is 4.52. The van der Waals surface area contributed by atoms with E-state index in [2.05, 4.69) is 15.6 Å². The van der Waals surface area contributed by atoms with E-state index in [-0.39, 0.29) is 37.4 Å². The largest absolute Gasteiger partial charge is 0.493 e. The fourth-order valence-corrected chi connectivity index (χ4v) is 4.52. The number of hydrogen-bond donors (Lipinski definition) is 2. The van der Waals surface area contributed by atoms with Gasteiger partial charge in [0.15, 0.2) is 11.5 Å². The van der Waals surface area contributed by atoms with E-state index in [0.29, 0.717) is 37.6 Å². The maximum absolute atomic E-state index is 13.2. The molecule has 2 aromatic rings. The summed E-state index contributed by atoms with van der Waals surface area (Å²) in [7, 11) is 1.56. The minimum atomic E-state index is -0.736. The Hall–Kier alpha value is -3.60. The Morgan fingerprint density at radius 3 is 2.78 bits per heavy atom. The highest BCUT2D eigenvalue weighted by atomic mass is 16.5. The average molecular weight is 514 g/mol. The van der Waals surface area contributed by atoms with Gasteiger partial charge in [0.2, 0.25) is 11.8 Å². The van der Waals surface area contributed by atoms with Crippen LogP contribution in [0.2, 0.25) is 0 Å². The number of carbonyl (C=O) groups is 3. The van der Waals surface area contributed by atoms with E-state index in [4.69, 9.17) is 14.2 Å². The number of amides is 3. The van der Waals surface area contributed by atoms with Crippen LogP contribution in [-0.2, 0) is 25.7 Å². The van der Waals surface area contributed by atoms with E-state index < -0.39 is 18.1 Å². The Bertz CT molecular complexity index is 1110. The van der Waals surface area contributed by atoms with Crippen LogP contribution in [0.25, 0.3) is 11.4 Å². The molecule has 1 saturated heterocycles. The van der Waals surface area contributed by atoms with Crippen molar-refractivity contribution in [3.8, 4) is 22.9 Å². The molecule has 1 aromatic heterocycles. The van der Waals surface area contributed by atoms with Gasteiger partial charge in [-0.3, -0.25) is 14.4 Å². The molecular weight excluding hydrogens is 478 g/mol. The van der Waals surface area contributed by atoms with Gasteiger partial charge in [0.25, 0.3) is 5.91 Å². The molecule has 0 saturated carbocycles. The summed E-state index contributed by atoms with van der Waals surface area (Å²) in [5, 5.41) is 5.72. The van der Waals surface area contributed by atoms with Gasteiger partial charge in [-0.2, -0.15) is 0 Å².